The number of benzene rings is 3. The number of ketones is 1. The van der Waals surface area contributed by atoms with Gasteiger partial charge in [-0.3, -0.25) is 4.79 Å². The molecule has 2 heterocycles. The van der Waals surface area contributed by atoms with Gasteiger partial charge < -0.3 is 5.11 Å². The minimum absolute atomic E-state index is 0.00659. The number of nitriles is 4. The standard InChI is InChI=1S/C76H84N4O2S6/c1-9-17-25-47(13-5)43-83-75(84-44-48(14-6)26-18-10-2)69-59-37-62-60(38-61(59)73-65(69)35-53(87-73)33-63-67(51(39-77)40-78)55-29-21-23-31-57(55)71(63)81)70(76(85-45-49(15-7)27-19-11-3)86-46-50(16-8)28-20-12-4)66-36-54(88-74(62)66)34-64-68(52(41-79)42-80)56-30-22-24-32-58(56)72(64)82/h21-24,29-38,47-50,71,81H,9-20,25-28,43-46H2,1-8H3/b63-33-,64-34-,75-69?,76-70?. The summed E-state index contributed by atoms with van der Waals surface area (Å²) in [4.78, 5) is 18.7. The number of hydrogen-bond donors (Lipinski definition) is 1. The lowest BCUT2D eigenvalue weighted by atomic mass is 9.97. The number of thioether (sulfide) groups is 4. The van der Waals surface area contributed by atoms with Crippen LogP contribution in [-0.2, 0) is 0 Å². The maximum Gasteiger partial charge on any atom is 0.194 e. The zero-order valence-electron chi connectivity index (χ0n) is 52.7. The SMILES string of the molecule is CCCCC(CC)CSC(SCC(CC)CCCC)=C1c2cc3c(cc2-c2sc(/C=C4\C(=O)c5ccccc5C4=C(C#N)C#N)cc21)C(=C(SCC(CC)CCCC)SCC(CC)CCCC)c1cc(/C=C2/C(=C(C#N)C#N)c4ccccc4C2O)sc1-3. The number of hydrogen-bond acceptors (Lipinski definition) is 12. The molecule has 5 aromatic rings. The molecule has 0 amide bonds. The van der Waals surface area contributed by atoms with Crippen LogP contribution in [0.25, 0.3) is 55.3 Å². The molecule has 0 aliphatic heterocycles. The Bertz CT molecular complexity index is 3700. The Labute approximate surface area is 550 Å². The Morgan fingerprint density at radius 3 is 1.27 bits per heavy atom. The van der Waals surface area contributed by atoms with Crippen LogP contribution in [0.5, 0.6) is 0 Å². The molecule has 12 heteroatoms. The molecule has 5 atom stereocenters. The number of unbranched alkanes of at least 4 members (excludes halogenated alkanes) is 4. The van der Waals surface area contributed by atoms with Crippen LogP contribution in [-0.4, -0.2) is 33.9 Å². The van der Waals surface area contributed by atoms with Gasteiger partial charge in [0.05, 0.1) is 0 Å². The van der Waals surface area contributed by atoms with E-state index < -0.39 is 6.10 Å². The summed E-state index contributed by atoms with van der Waals surface area (Å²) in [7, 11) is 0. The van der Waals surface area contributed by atoms with Crippen LogP contribution in [0, 0.1) is 69.0 Å². The summed E-state index contributed by atoms with van der Waals surface area (Å²) in [6, 6.07) is 33.2. The monoisotopic (exact) mass is 1280 g/mol. The van der Waals surface area contributed by atoms with E-state index in [1.54, 1.807) is 28.7 Å². The molecule has 1 N–H and O–H groups in total. The highest BCUT2D eigenvalue weighted by atomic mass is 32.2. The normalized spacial score (nSPS) is 16.5. The van der Waals surface area contributed by atoms with Gasteiger partial charge in [0.25, 0.3) is 0 Å². The van der Waals surface area contributed by atoms with Gasteiger partial charge in [0.2, 0.25) is 0 Å². The molecule has 456 valence electrons. The Hall–Kier alpha value is -5.51. The second-order valence-corrected chi connectivity index (χ2v) is 30.7. The number of aliphatic hydroxyl groups is 1. The fourth-order valence-electron chi connectivity index (χ4n) is 12.7. The fourth-order valence-corrected chi connectivity index (χ4v) is 21.1. The topological polar surface area (TPSA) is 132 Å². The highest BCUT2D eigenvalue weighted by Crippen LogP contribution is 2.61. The molecule has 0 fully saturated rings. The number of rotatable bonds is 30. The van der Waals surface area contributed by atoms with Crippen LogP contribution >= 0.6 is 69.7 Å². The van der Waals surface area contributed by atoms with Gasteiger partial charge in [-0.15, -0.1) is 69.7 Å². The van der Waals surface area contributed by atoms with Gasteiger partial charge in [-0.1, -0.05) is 181 Å². The predicted molar refractivity (Wildman–Crippen MR) is 383 cm³/mol. The van der Waals surface area contributed by atoms with E-state index in [-0.39, 0.29) is 16.9 Å². The van der Waals surface area contributed by atoms with Crippen molar-refractivity contribution in [1.82, 2.24) is 0 Å². The molecule has 4 aliphatic carbocycles. The molecule has 6 nitrogen and oxygen atoms in total. The number of aliphatic hydroxyl groups excluding tert-OH is 1. The summed E-state index contributed by atoms with van der Waals surface area (Å²) in [6.07, 6.45) is 21.8. The van der Waals surface area contributed by atoms with E-state index >= 15 is 0 Å². The van der Waals surface area contributed by atoms with Crippen LogP contribution in [0.1, 0.15) is 223 Å². The van der Waals surface area contributed by atoms with Gasteiger partial charge in [0.1, 0.15) is 41.5 Å². The minimum atomic E-state index is -0.996. The van der Waals surface area contributed by atoms with Crippen LogP contribution in [0.3, 0.4) is 0 Å². The van der Waals surface area contributed by atoms with Gasteiger partial charge in [-0.05, 0) is 119 Å². The maximum atomic E-state index is 14.5. The molecular weight excluding hydrogens is 1190 g/mol. The third kappa shape index (κ3) is 14.3. The van der Waals surface area contributed by atoms with E-state index in [2.05, 4.69) is 104 Å². The lowest BCUT2D eigenvalue weighted by molar-refractivity contribution is 0.104. The summed E-state index contributed by atoms with van der Waals surface area (Å²) in [5.41, 5.74) is 14.0. The van der Waals surface area contributed by atoms with Crippen molar-refractivity contribution in [3.05, 3.63) is 158 Å². The molecule has 0 saturated heterocycles. The van der Waals surface area contributed by atoms with E-state index in [4.69, 9.17) is 0 Å². The zero-order chi connectivity index (χ0) is 62.4. The highest BCUT2D eigenvalue weighted by Gasteiger charge is 2.39. The second kappa shape index (κ2) is 32.0. The van der Waals surface area contributed by atoms with Crippen molar-refractivity contribution in [1.29, 1.82) is 21.0 Å². The van der Waals surface area contributed by atoms with Gasteiger partial charge in [-0.25, -0.2) is 0 Å². The molecular formula is C76H84N4O2S6. The number of carbonyl (C=O) groups excluding carboxylic acids is 1. The van der Waals surface area contributed by atoms with Gasteiger partial charge >= 0.3 is 0 Å². The van der Waals surface area contributed by atoms with Crippen molar-refractivity contribution in [2.75, 3.05) is 23.0 Å². The molecule has 3 aromatic carbocycles. The van der Waals surface area contributed by atoms with E-state index in [1.165, 1.54) is 134 Å². The number of Topliss-reactive ketones (excluding diaryl/α,β-unsaturated/α-hetero) is 1. The first kappa shape index (κ1) is 66.9. The third-order valence-electron chi connectivity index (χ3n) is 18.2. The molecule has 0 saturated carbocycles. The molecule has 2 aromatic heterocycles. The summed E-state index contributed by atoms with van der Waals surface area (Å²) < 4.78 is 2.69. The Kier molecular flexibility index (Phi) is 24.3. The van der Waals surface area contributed by atoms with Crippen molar-refractivity contribution in [2.45, 2.75) is 164 Å². The van der Waals surface area contributed by atoms with Crippen molar-refractivity contribution >= 4 is 110 Å². The fraction of sp³-hybridized carbons (Fsp3) is 0.434. The van der Waals surface area contributed by atoms with Crippen molar-refractivity contribution < 1.29 is 9.90 Å². The largest absolute Gasteiger partial charge is 0.384 e. The summed E-state index contributed by atoms with van der Waals surface area (Å²) in [5.74, 6) is 6.23. The molecule has 0 radical (unpaired) electrons. The number of nitrogens with zero attached hydrogens (tertiary/aromatic N) is 4. The van der Waals surface area contributed by atoms with Crippen LogP contribution in [0.15, 0.2) is 104 Å². The molecule has 88 heavy (non-hydrogen) atoms. The highest BCUT2D eigenvalue weighted by molar-refractivity contribution is 8.23. The van der Waals surface area contributed by atoms with Crippen molar-refractivity contribution in [3.8, 4) is 45.2 Å². The number of thiophene rings is 2. The first-order valence-electron chi connectivity index (χ1n) is 32.4. The van der Waals surface area contributed by atoms with Crippen molar-refractivity contribution in [2.24, 2.45) is 23.7 Å². The maximum absolute atomic E-state index is 14.5. The number of fused-ring (bicyclic) bond motifs is 8. The Morgan fingerprint density at radius 2 is 0.864 bits per heavy atom. The number of allylic oxidation sites excluding steroid dienone is 4. The third-order valence-corrected chi connectivity index (χ3v) is 26.3. The average Bonchev–Trinajstić information content (AvgIpc) is 2.42. The van der Waals surface area contributed by atoms with E-state index in [1.807, 2.05) is 102 Å². The summed E-state index contributed by atoms with van der Waals surface area (Å²) in [6.45, 7) is 18.5. The minimum Gasteiger partial charge on any atom is -0.384 e. The molecule has 0 bridgehead atoms. The lowest BCUT2D eigenvalue weighted by Crippen LogP contribution is -2.05. The molecule has 4 aliphatic rings. The summed E-state index contributed by atoms with van der Waals surface area (Å²) in [5, 5.41) is 53.6. The summed E-state index contributed by atoms with van der Waals surface area (Å²) >= 11 is 11.6. The Morgan fingerprint density at radius 1 is 0.477 bits per heavy atom. The Balaban J connectivity index is 1.32. The van der Waals surface area contributed by atoms with Gasteiger partial charge in [0, 0.05) is 107 Å². The quantitative estimate of drug-likeness (QED) is 0.0343. The smallest absolute Gasteiger partial charge is 0.194 e. The number of carbonyl (C=O) groups is 1. The van der Waals surface area contributed by atoms with E-state index in [0.717, 1.165) is 69.6 Å². The van der Waals surface area contributed by atoms with E-state index in [0.29, 0.717) is 62.7 Å². The lowest BCUT2D eigenvalue weighted by Gasteiger charge is -2.21. The van der Waals surface area contributed by atoms with Gasteiger partial charge in [0.15, 0.2) is 5.78 Å². The molecule has 0 spiro atoms. The first-order valence-corrected chi connectivity index (χ1v) is 38.0. The molecule has 9 rings (SSSR count). The van der Waals surface area contributed by atoms with Crippen molar-refractivity contribution in [3.63, 3.8) is 0 Å². The first-order chi connectivity index (χ1) is 43.0. The average molecular weight is 1280 g/mol. The predicted octanol–water partition coefficient (Wildman–Crippen LogP) is 23.0. The second-order valence-electron chi connectivity index (χ2n) is 23.9. The molecule has 5 unspecified atom stereocenters. The van der Waals surface area contributed by atoms with Gasteiger partial charge in [-0.2, -0.15) is 21.0 Å². The van der Waals surface area contributed by atoms with Crippen LogP contribution in [0.4, 0.5) is 0 Å². The zero-order valence-corrected chi connectivity index (χ0v) is 57.6. The van der Waals surface area contributed by atoms with Crippen LogP contribution in [0.2, 0.25) is 0 Å². The van der Waals surface area contributed by atoms with Crippen LogP contribution < -0.4 is 0 Å². The van der Waals surface area contributed by atoms with E-state index in [9.17, 15) is 30.9 Å².